The highest BCUT2D eigenvalue weighted by Crippen LogP contribution is 2.24. The van der Waals surface area contributed by atoms with Crippen LogP contribution in [0.4, 0.5) is 5.82 Å². The van der Waals surface area contributed by atoms with Gasteiger partial charge in [0.15, 0.2) is 0 Å². The highest BCUT2D eigenvalue weighted by atomic mass is 15.3. The van der Waals surface area contributed by atoms with Gasteiger partial charge in [0.2, 0.25) is 0 Å². The molecule has 0 spiro atoms. The second-order valence-electron chi connectivity index (χ2n) is 5.49. The van der Waals surface area contributed by atoms with Crippen LogP contribution in [0.5, 0.6) is 0 Å². The largest absolute Gasteiger partial charge is 0.353 e. The normalized spacial score (nSPS) is 16.1. The number of para-hydroxylation sites is 1. The van der Waals surface area contributed by atoms with E-state index in [0.717, 1.165) is 49.4 Å². The molecule has 2 aromatic rings. The first-order valence-electron chi connectivity index (χ1n) is 7.59. The predicted molar refractivity (Wildman–Crippen MR) is 85.4 cm³/mol. The Morgan fingerprint density at radius 2 is 1.95 bits per heavy atom. The van der Waals surface area contributed by atoms with Crippen LogP contribution in [0.1, 0.15) is 18.9 Å². The average Bonchev–Trinajstić information content (AvgIpc) is 2.54. The van der Waals surface area contributed by atoms with E-state index in [1.165, 1.54) is 6.42 Å². The summed E-state index contributed by atoms with van der Waals surface area (Å²) < 4.78 is 0. The summed E-state index contributed by atoms with van der Waals surface area (Å²) in [7, 11) is 0. The molecule has 1 aromatic heterocycles. The Hall–Kier alpha value is -2.12. The molecule has 0 aliphatic carbocycles. The van der Waals surface area contributed by atoms with Crippen molar-refractivity contribution in [2.75, 3.05) is 37.6 Å². The monoisotopic (exact) mass is 280 g/mol. The molecule has 1 aliphatic heterocycles. The number of hydrogen-bond acceptors (Lipinski definition) is 4. The Morgan fingerprint density at radius 1 is 1.19 bits per heavy atom. The Balaban J connectivity index is 1.88. The van der Waals surface area contributed by atoms with Crippen molar-refractivity contribution < 1.29 is 0 Å². The summed E-state index contributed by atoms with van der Waals surface area (Å²) in [5.74, 6) is 0.840. The number of pyridine rings is 1. The summed E-state index contributed by atoms with van der Waals surface area (Å²) in [5.41, 5.74) is 1.64. The van der Waals surface area contributed by atoms with Gasteiger partial charge in [0.25, 0.3) is 0 Å². The first-order chi connectivity index (χ1) is 10.3. The average molecular weight is 280 g/mol. The molecule has 4 heteroatoms. The number of aromatic nitrogens is 1. The molecule has 0 radical (unpaired) electrons. The molecule has 0 saturated carbocycles. The molecule has 0 amide bonds. The van der Waals surface area contributed by atoms with Crippen LogP contribution >= 0.6 is 0 Å². The molecule has 0 bridgehead atoms. The van der Waals surface area contributed by atoms with Crippen molar-refractivity contribution in [3.8, 4) is 6.07 Å². The van der Waals surface area contributed by atoms with E-state index in [0.29, 0.717) is 5.56 Å². The highest BCUT2D eigenvalue weighted by Gasteiger charge is 2.20. The van der Waals surface area contributed by atoms with Crippen LogP contribution in [0.15, 0.2) is 30.3 Å². The molecule has 0 N–H and O–H groups in total. The number of rotatable bonds is 3. The molecule has 4 nitrogen and oxygen atoms in total. The molecule has 21 heavy (non-hydrogen) atoms. The number of fused-ring (bicyclic) bond motifs is 1. The van der Waals surface area contributed by atoms with Crippen molar-refractivity contribution in [3.05, 3.63) is 35.9 Å². The third kappa shape index (κ3) is 2.84. The summed E-state index contributed by atoms with van der Waals surface area (Å²) in [6.45, 7) is 7.36. The van der Waals surface area contributed by atoms with Crippen LogP contribution in [0, 0.1) is 11.3 Å². The van der Waals surface area contributed by atoms with E-state index in [1.807, 2.05) is 30.3 Å². The number of piperazine rings is 1. The predicted octanol–water partition coefficient (Wildman–Crippen LogP) is 2.64. The third-order valence-electron chi connectivity index (χ3n) is 4.04. The summed E-state index contributed by atoms with van der Waals surface area (Å²) in [5, 5.41) is 10.4. The second kappa shape index (κ2) is 6.11. The lowest BCUT2D eigenvalue weighted by Gasteiger charge is -2.35. The van der Waals surface area contributed by atoms with E-state index >= 15 is 0 Å². The molecule has 1 saturated heterocycles. The summed E-state index contributed by atoms with van der Waals surface area (Å²) in [4.78, 5) is 9.45. The smallest absolute Gasteiger partial charge is 0.147 e. The van der Waals surface area contributed by atoms with E-state index in [2.05, 4.69) is 22.8 Å². The van der Waals surface area contributed by atoms with E-state index in [1.54, 1.807) is 0 Å². The zero-order valence-corrected chi connectivity index (χ0v) is 12.4. The van der Waals surface area contributed by atoms with Gasteiger partial charge in [-0.1, -0.05) is 25.1 Å². The van der Waals surface area contributed by atoms with Gasteiger partial charge in [0, 0.05) is 31.6 Å². The Kier molecular flexibility index (Phi) is 4.03. The van der Waals surface area contributed by atoms with Crippen LogP contribution in [0.25, 0.3) is 10.9 Å². The Labute approximate surface area is 125 Å². The molecular formula is C17H20N4. The lowest BCUT2D eigenvalue weighted by molar-refractivity contribution is 0.258. The van der Waals surface area contributed by atoms with Crippen LogP contribution in [0.2, 0.25) is 0 Å². The molecule has 0 unspecified atom stereocenters. The maximum absolute atomic E-state index is 9.42. The molecule has 1 fully saturated rings. The number of nitrogens with zero attached hydrogens (tertiary/aromatic N) is 4. The number of nitriles is 1. The topological polar surface area (TPSA) is 43.2 Å². The molecule has 3 rings (SSSR count). The van der Waals surface area contributed by atoms with Gasteiger partial charge in [-0.25, -0.2) is 4.98 Å². The van der Waals surface area contributed by atoms with Gasteiger partial charge in [-0.15, -0.1) is 0 Å². The first kappa shape index (κ1) is 13.8. The molecule has 1 aromatic carbocycles. The van der Waals surface area contributed by atoms with Crippen molar-refractivity contribution in [1.29, 1.82) is 5.26 Å². The fourth-order valence-electron chi connectivity index (χ4n) is 2.93. The SMILES string of the molecule is CCCN1CCN(c2nc3ccccc3cc2C#N)CC1. The quantitative estimate of drug-likeness (QED) is 0.867. The van der Waals surface area contributed by atoms with Gasteiger partial charge in [-0.05, 0) is 25.1 Å². The first-order valence-corrected chi connectivity index (χ1v) is 7.59. The summed E-state index contributed by atoms with van der Waals surface area (Å²) >= 11 is 0. The van der Waals surface area contributed by atoms with Crippen LogP contribution < -0.4 is 4.90 Å². The number of hydrogen-bond donors (Lipinski definition) is 0. The molecule has 0 atom stereocenters. The Bertz CT molecular complexity index is 666. The van der Waals surface area contributed by atoms with Crippen molar-refractivity contribution >= 4 is 16.7 Å². The van der Waals surface area contributed by atoms with Gasteiger partial charge in [0.1, 0.15) is 11.9 Å². The maximum atomic E-state index is 9.42. The van der Waals surface area contributed by atoms with E-state index in [4.69, 9.17) is 4.98 Å². The minimum Gasteiger partial charge on any atom is -0.353 e. The lowest BCUT2D eigenvalue weighted by atomic mass is 10.1. The molecular weight excluding hydrogens is 260 g/mol. The summed E-state index contributed by atoms with van der Waals surface area (Å²) in [6.07, 6.45) is 1.19. The minimum atomic E-state index is 0.678. The van der Waals surface area contributed by atoms with Crippen molar-refractivity contribution in [2.24, 2.45) is 0 Å². The van der Waals surface area contributed by atoms with Crippen molar-refractivity contribution in [2.45, 2.75) is 13.3 Å². The highest BCUT2D eigenvalue weighted by molar-refractivity contribution is 5.83. The molecule has 2 heterocycles. The standard InChI is InChI=1S/C17H20N4/c1-2-7-20-8-10-21(11-9-20)17-15(13-18)12-14-5-3-4-6-16(14)19-17/h3-6,12H,2,7-11H2,1H3. The van der Waals surface area contributed by atoms with Gasteiger partial charge >= 0.3 is 0 Å². The maximum Gasteiger partial charge on any atom is 0.147 e. The van der Waals surface area contributed by atoms with Crippen molar-refractivity contribution in [3.63, 3.8) is 0 Å². The molecule has 108 valence electrons. The Morgan fingerprint density at radius 3 is 2.67 bits per heavy atom. The third-order valence-corrected chi connectivity index (χ3v) is 4.04. The lowest BCUT2D eigenvalue weighted by Crippen LogP contribution is -2.47. The van der Waals surface area contributed by atoms with Crippen molar-refractivity contribution in [1.82, 2.24) is 9.88 Å². The molecule has 1 aliphatic rings. The van der Waals surface area contributed by atoms with E-state index in [-0.39, 0.29) is 0 Å². The van der Waals surface area contributed by atoms with Gasteiger partial charge < -0.3 is 4.90 Å². The fraction of sp³-hybridized carbons (Fsp3) is 0.412. The van der Waals surface area contributed by atoms with Crippen LogP contribution in [0.3, 0.4) is 0 Å². The zero-order chi connectivity index (χ0) is 14.7. The minimum absolute atomic E-state index is 0.678. The summed E-state index contributed by atoms with van der Waals surface area (Å²) in [6, 6.07) is 12.2. The van der Waals surface area contributed by atoms with E-state index in [9.17, 15) is 5.26 Å². The van der Waals surface area contributed by atoms with Gasteiger partial charge in [-0.2, -0.15) is 5.26 Å². The van der Waals surface area contributed by atoms with Crippen LogP contribution in [-0.2, 0) is 0 Å². The van der Waals surface area contributed by atoms with Gasteiger partial charge in [0.05, 0.1) is 11.1 Å². The van der Waals surface area contributed by atoms with Gasteiger partial charge in [-0.3, -0.25) is 4.90 Å². The van der Waals surface area contributed by atoms with E-state index < -0.39 is 0 Å². The second-order valence-corrected chi connectivity index (χ2v) is 5.49. The fourth-order valence-corrected chi connectivity index (χ4v) is 2.93. The van der Waals surface area contributed by atoms with Crippen LogP contribution in [-0.4, -0.2) is 42.6 Å². The zero-order valence-electron chi connectivity index (χ0n) is 12.4. The number of anilines is 1. The number of benzene rings is 1.